The van der Waals surface area contributed by atoms with Crippen LogP contribution in [0.2, 0.25) is 0 Å². The van der Waals surface area contributed by atoms with E-state index >= 15 is 0 Å². The highest BCUT2D eigenvalue weighted by Gasteiger charge is 2.14. The number of hydrogen-bond donors (Lipinski definition) is 2. The third-order valence-corrected chi connectivity index (χ3v) is 3.28. The fourth-order valence-corrected chi connectivity index (χ4v) is 2.12. The van der Waals surface area contributed by atoms with Crippen molar-refractivity contribution >= 4 is 0 Å². The summed E-state index contributed by atoms with van der Waals surface area (Å²) in [5.74, 6) is 0.617. The molecule has 0 radical (unpaired) electrons. The van der Waals surface area contributed by atoms with E-state index < -0.39 is 0 Å². The third-order valence-electron chi connectivity index (χ3n) is 3.28. The van der Waals surface area contributed by atoms with Crippen molar-refractivity contribution in [1.82, 2.24) is 10.6 Å². The van der Waals surface area contributed by atoms with Crippen LogP contribution in [0.4, 0.5) is 0 Å². The average Bonchev–Trinajstić information content (AvgIpc) is 2.29. The van der Waals surface area contributed by atoms with Gasteiger partial charge in [0.1, 0.15) is 0 Å². The van der Waals surface area contributed by atoms with Gasteiger partial charge in [-0.2, -0.15) is 0 Å². The van der Waals surface area contributed by atoms with Gasteiger partial charge in [-0.3, -0.25) is 0 Å². The zero-order valence-corrected chi connectivity index (χ0v) is 12.5. The van der Waals surface area contributed by atoms with E-state index in [1.165, 1.54) is 11.1 Å². The second-order valence-electron chi connectivity index (χ2n) is 5.99. The third kappa shape index (κ3) is 5.19. The van der Waals surface area contributed by atoms with Crippen LogP contribution in [0, 0.1) is 0 Å². The quantitative estimate of drug-likeness (QED) is 0.775. The Balaban J connectivity index is 2.40. The molecule has 18 heavy (non-hydrogen) atoms. The molecular formula is C16H28N2. The molecule has 0 unspecified atom stereocenters. The molecule has 0 aliphatic carbocycles. The Morgan fingerprint density at radius 2 is 1.72 bits per heavy atom. The first-order valence-electron chi connectivity index (χ1n) is 6.93. The molecule has 0 heterocycles. The van der Waals surface area contributed by atoms with Crippen LogP contribution in [-0.4, -0.2) is 25.7 Å². The predicted molar refractivity (Wildman–Crippen MR) is 80.2 cm³/mol. The molecule has 0 fully saturated rings. The molecule has 0 atom stereocenters. The molecule has 1 aromatic carbocycles. The van der Waals surface area contributed by atoms with E-state index in [1.54, 1.807) is 0 Å². The maximum atomic E-state index is 3.58. The Morgan fingerprint density at radius 1 is 1.11 bits per heavy atom. The summed E-state index contributed by atoms with van der Waals surface area (Å²) in [6.45, 7) is 10.9. The van der Waals surface area contributed by atoms with Gasteiger partial charge in [0.05, 0.1) is 0 Å². The topological polar surface area (TPSA) is 24.1 Å². The summed E-state index contributed by atoms with van der Waals surface area (Å²) in [5.41, 5.74) is 2.99. The monoisotopic (exact) mass is 248 g/mol. The van der Waals surface area contributed by atoms with Gasteiger partial charge in [-0.15, -0.1) is 0 Å². The number of benzene rings is 1. The van der Waals surface area contributed by atoms with Crippen molar-refractivity contribution in [3.8, 4) is 0 Å². The molecule has 2 heteroatoms. The van der Waals surface area contributed by atoms with E-state index in [0.717, 1.165) is 19.5 Å². The van der Waals surface area contributed by atoms with Gasteiger partial charge >= 0.3 is 0 Å². The van der Waals surface area contributed by atoms with Crippen LogP contribution >= 0.6 is 0 Å². The maximum absolute atomic E-state index is 3.58. The van der Waals surface area contributed by atoms with Gasteiger partial charge in [0.25, 0.3) is 0 Å². The van der Waals surface area contributed by atoms with Gasteiger partial charge in [-0.1, -0.05) is 38.1 Å². The van der Waals surface area contributed by atoms with Gasteiger partial charge in [0, 0.05) is 12.1 Å². The van der Waals surface area contributed by atoms with E-state index in [1.807, 2.05) is 7.05 Å². The predicted octanol–water partition coefficient (Wildman–Crippen LogP) is 2.94. The van der Waals surface area contributed by atoms with Crippen LogP contribution < -0.4 is 10.6 Å². The lowest BCUT2D eigenvalue weighted by Crippen LogP contribution is -2.47. The standard InChI is InChI=1S/C16H28N2/c1-13(2)15-8-6-14(7-9-15)10-11-18-16(3,4)12-17-5/h6-9,13,17-18H,10-12H2,1-5H3. The lowest BCUT2D eigenvalue weighted by Gasteiger charge is -2.26. The Morgan fingerprint density at radius 3 is 2.22 bits per heavy atom. The van der Waals surface area contributed by atoms with Gasteiger partial charge in [0.15, 0.2) is 0 Å². The summed E-state index contributed by atoms with van der Waals surface area (Å²) in [6, 6.07) is 9.00. The molecule has 1 aromatic rings. The van der Waals surface area contributed by atoms with Crippen LogP contribution in [-0.2, 0) is 6.42 Å². The van der Waals surface area contributed by atoms with Crippen LogP contribution in [0.15, 0.2) is 24.3 Å². The average molecular weight is 248 g/mol. The highest BCUT2D eigenvalue weighted by atomic mass is 15.0. The molecule has 0 bridgehead atoms. The second kappa shape index (κ2) is 6.91. The molecule has 1 rings (SSSR count). The number of nitrogens with one attached hydrogen (secondary N) is 2. The van der Waals surface area contributed by atoms with Gasteiger partial charge in [0.2, 0.25) is 0 Å². The lowest BCUT2D eigenvalue weighted by atomic mass is 10.0. The summed E-state index contributed by atoms with van der Waals surface area (Å²) in [7, 11) is 1.99. The lowest BCUT2D eigenvalue weighted by molar-refractivity contribution is 0.379. The number of hydrogen-bond acceptors (Lipinski definition) is 2. The zero-order valence-electron chi connectivity index (χ0n) is 12.5. The van der Waals surface area contributed by atoms with Gasteiger partial charge in [-0.05, 0) is 50.9 Å². The van der Waals surface area contributed by atoms with Crippen molar-refractivity contribution in [2.75, 3.05) is 20.1 Å². The first-order valence-corrected chi connectivity index (χ1v) is 6.93. The minimum absolute atomic E-state index is 0.159. The van der Waals surface area contributed by atoms with E-state index in [2.05, 4.69) is 62.6 Å². The van der Waals surface area contributed by atoms with Crippen molar-refractivity contribution in [3.63, 3.8) is 0 Å². The Labute approximate surface area is 112 Å². The Bertz CT molecular complexity index is 339. The van der Waals surface area contributed by atoms with Crippen molar-refractivity contribution in [3.05, 3.63) is 35.4 Å². The molecular weight excluding hydrogens is 220 g/mol. The molecule has 0 aliphatic rings. The largest absolute Gasteiger partial charge is 0.318 e. The summed E-state index contributed by atoms with van der Waals surface area (Å²) in [6.07, 6.45) is 1.09. The molecule has 102 valence electrons. The normalized spacial score (nSPS) is 12.1. The molecule has 2 N–H and O–H groups in total. The smallest absolute Gasteiger partial charge is 0.0249 e. The van der Waals surface area contributed by atoms with Crippen molar-refractivity contribution in [1.29, 1.82) is 0 Å². The number of likely N-dealkylation sites (N-methyl/N-ethyl adjacent to an activating group) is 1. The van der Waals surface area contributed by atoms with Crippen molar-refractivity contribution < 1.29 is 0 Å². The van der Waals surface area contributed by atoms with E-state index in [-0.39, 0.29) is 5.54 Å². The summed E-state index contributed by atoms with van der Waals surface area (Å²) >= 11 is 0. The van der Waals surface area contributed by atoms with Crippen LogP contribution in [0.5, 0.6) is 0 Å². The summed E-state index contributed by atoms with van der Waals surface area (Å²) in [5, 5.41) is 6.80. The molecule has 0 spiro atoms. The summed E-state index contributed by atoms with van der Waals surface area (Å²) < 4.78 is 0. The fraction of sp³-hybridized carbons (Fsp3) is 0.625. The highest BCUT2D eigenvalue weighted by Crippen LogP contribution is 2.14. The molecule has 0 aromatic heterocycles. The molecule has 0 amide bonds. The maximum Gasteiger partial charge on any atom is 0.0249 e. The van der Waals surface area contributed by atoms with E-state index in [4.69, 9.17) is 0 Å². The van der Waals surface area contributed by atoms with Crippen LogP contribution in [0.3, 0.4) is 0 Å². The van der Waals surface area contributed by atoms with Gasteiger partial charge < -0.3 is 10.6 Å². The minimum Gasteiger partial charge on any atom is -0.318 e. The van der Waals surface area contributed by atoms with Gasteiger partial charge in [-0.25, -0.2) is 0 Å². The molecule has 2 nitrogen and oxygen atoms in total. The zero-order chi connectivity index (χ0) is 13.6. The van der Waals surface area contributed by atoms with E-state index in [0.29, 0.717) is 5.92 Å². The Hall–Kier alpha value is -0.860. The van der Waals surface area contributed by atoms with Crippen LogP contribution in [0.25, 0.3) is 0 Å². The first-order chi connectivity index (χ1) is 8.44. The molecule has 0 saturated heterocycles. The Kier molecular flexibility index (Phi) is 5.83. The summed E-state index contributed by atoms with van der Waals surface area (Å²) in [4.78, 5) is 0. The molecule has 0 saturated carbocycles. The van der Waals surface area contributed by atoms with Crippen molar-refractivity contribution in [2.24, 2.45) is 0 Å². The fourth-order valence-electron chi connectivity index (χ4n) is 2.12. The number of rotatable bonds is 7. The second-order valence-corrected chi connectivity index (χ2v) is 5.99. The SMILES string of the molecule is CNCC(C)(C)NCCc1ccc(C(C)C)cc1. The minimum atomic E-state index is 0.159. The molecule has 0 aliphatic heterocycles. The first kappa shape index (κ1) is 15.2. The van der Waals surface area contributed by atoms with E-state index in [9.17, 15) is 0 Å². The van der Waals surface area contributed by atoms with Crippen molar-refractivity contribution in [2.45, 2.75) is 45.6 Å². The van der Waals surface area contributed by atoms with Crippen LogP contribution in [0.1, 0.15) is 44.7 Å². The highest BCUT2D eigenvalue weighted by molar-refractivity contribution is 5.24.